The zero-order valence-electron chi connectivity index (χ0n) is 7.29. The van der Waals surface area contributed by atoms with E-state index in [1.165, 1.54) is 18.2 Å². The summed E-state index contributed by atoms with van der Waals surface area (Å²) >= 11 is 0. The van der Waals surface area contributed by atoms with Crippen LogP contribution in [0.3, 0.4) is 0 Å². The first-order valence-electron chi connectivity index (χ1n) is 4.01. The van der Waals surface area contributed by atoms with Crippen molar-refractivity contribution in [1.82, 2.24) is 4.90 Å². The molecule has 1 aliphatic heterocycles. The average Bonchev–Trinajstić information content (AvgIpc) is 2.07. The van der Waals surface area contributed by atoms with Crippen molar-refractivity contribution in [3.63, 3.8) is 0 Å². The minimum atomic E-state index is -0.769. The van der Waals surface area contributed by atoms with Crippen LogP contribution in [0.5, 0.6) is 0 Å². The van der Waals surface area contributed by atoms with Crippen LogP contribution in [0.15, 0.2) is 0 Å². The van der Waals surface area contributed by atoms with Crippen LogP contribution in [-0.4, -0.2) is 29.2 Å². The van der Waals surface area contributed by atoms with E-state index in [0.717, 1.165) is 25.9 Å². The number of nitriles is 1. The maximum absolute atomic E-state index is 10.3. The maximum atomic E-state index is 10.3. The van der Waals surface area contributed by atoms with Crippen LogP contribution in [-0.2, 0) is 0 Å². The summed E-state index contributed by atoms with van der Waals surface area (Å²) in [5, 5.41) is 15.8. The number of amides is 1. The fourth-order valence-corrected chi connectivity index (χ4v) is 1.09. The van der Waals surface area contributed by atoms with Gasteiger partial charge in [-0.25, -0.2) is 4.79 Å². The summed E-state index contributed by atoms with van der Waals surface area (Å²) in [5.74, 6) is 0. The van der Waals surface area contributed by atoms with Crippen molar-refractivity contribution in [1.29, 1.82) is 5.26 Å². The van der Waals surface area contributed by atoms with E-state index in [-0.39, 0.29) is 0 Å². The molecule has 0 aromatic rings. The number of nitrogens with zero attached hydrogens (tertiary/aromatic N) is 2. The van der Waals surface area contributed by atoms with Gasteiger partial charge in [0.15, 0.2) is 0 Å². The molecule has 4 heteroatoms. The Morgan fingerprint density at radius 2 is 1.83 bits per heavy atom. The number of piperidine rings is 1. The highest BCUT2D eigenvalue weighted by Gasteiger charge is 2.13. The van der Waals surface area contributed by atoms with Crippen molar-refractivity contribution in [2.45, 2.75) is 26.2 Å². The molecule has 1 heterocycles. The summed E-state index contributed by atoms with van der Waals surface area (Å²) in [6, 6.07) is 1.75. The molecule has 0 atom stereocenters. The minimum absolute atomic E-state index is 0.731. The zero-order valence-corrected chi connectivity index (χ0v) is 7.29. The van der Waals surface area contributed by atoms with Gasteiger partial charge in [0.05, 0.1) is 6.07 Å². The second kappa shape index (κ2) is 6.47. The SMILES string of the molecule is CC#N.O=C(O)N1CCCCC1. The molecule has 0 bridgehead atoms. The molecular formula is C8H14N2O2. The van der Waals surface area contributed by atoms with Gasteiger partial charge in [0.25, 0.3) is 0 Å². The molecule has 1 saturated heterocycles. The second-order valence-corrected chi connectivity index (χ2v) is 2.55. The highest BCUT2D eigenvalue weighted by molar-refractivity contribution is 5.64. The van der Waals surface area contributed by atoms with Gasteiger partial charge in [0.1, 0.15) is 0 Å². The van der Waals surface area contributed by atoms with Crippen LogP contribution in [0, 0.1) is 11.3 Å². The van der Waals surface area contributed by atoms with Crippen molar-refractivity contribution in [3.05, 3.63) is 0 Å². The lowest BCUT2D eigenvalue weighted by Gasteiger charge is -2.22. The highest BCUT2D eigenvalue weighted by Crippen LogP contribution is 2.07. The Hall–Kier alpha value is -1.24. The quantitative estimate of drug-likeness (QED) is 0.601. The molecule has 1 N–H and O–H groups in total. The number of hydrogen-bond acceptors (Lipinski definition) is 2. The summed E-state index contributed by atoms with van der Waals surface area (Å²) < 4.78 is 0. The molecule has 1 rings (SSSR count). The zero-order chi connectivity index (χ0) is 9.40. The maximum Gasteiger partial charge on any atom is 0.407 e. The molecule has 0 radical (unpaired) electrons. The molecule has 0 saturated carbocycles. The normalized spacial score (nSPS) is 15.5. The monoisotopic (exact) mass is 170 g/mol. The number of likely N-dealkylation sites (tertiary alicyclic amines) is 1. The topological polar surface area (TPSA) is 64.3 Å². The van der Waals surface area contributed by atoms with Crippen LogP contribution in [0.4, 0.5) is 4.79 Å². The van der Waals surface area contributed by atoms with Crippen molar-refractivity contribution >= 4 is 6.09 Å². The van der Waals surface area contributed by atoms with Crippen LogP contribution >= 0.6 is 0 Å². The molecule has 12 heavy (non-hydrogen) atoms. The van der Waals surface area contributed by atoms with Gasteiger partial charge in [-0.2, -0.15) is 5.26 Å². The standard InChI is InChI=1S/C6H11NO2.C2H3N/c8-6(9)7-4-2-1-3-5-7;1-2-3/h1-5H2,(H,8,9);1H3. The molecule has 0 unspecified atom stereocenters. The van der Waals surface area contributed by atoms with Crippen LogP contribution < -0.4 is 0 Å². The average molecular weight is 170 g/mol. The van der Waals surface area contributed by atoms with Gasteiger partial charge in [0, 0.05) is 20.0 Å². The third-order valence-electron chi connectivity index (χ3n) is 1.63. The first kappa shape index (κ1) is 10.8. The summed E-state index contributed by atoms with van der Waals surface area (Å²) in [6.07, 6.45) is 2.48. The summed E-state index contributed by atoms with van der Waals surface area (Å²) in [7, 11) is 0. The molecule has 0 spiro atoms. The number of carboxylic acid groups (broad SMARTS) is 1. The van der Waals surface area contributed by atoms with Crippen LogP contribution in [0.2, 0.25) is 0 Å². The predicted octanol–water partition coefficient (Wildman–Crippen LogP) is 1.68. The van der Waals surface area contributed by atoms with Crippen molar-refractivity contribution in [2.24, 2.45) is 0 Å². The van der Waals surface area contributed by atoms with Crippen molar-refractivity contribution in [2.75, 3.05) is 13.1 Å². The first-order chi connectivity index (χ1) is 5.72. The molecule has 0 aliphatic carbocycles. The van der Waals surface area contributed by atoms with Gasteiger partial charge < -0.3 is 10.0 Å². The Labute approximate surface area is 72.4 Å². The van der Waals surface area contributed by atoms with E-state index < -0.39 is 6.09 Å². The molecule has 68 valence electrons. The van der Waals surface area contributed by atoms with E-state index in [9.17, 15) is 4.79 Å². The molecule has 1 amide bonds. The molecule has 0 aromatic heterocycles. The lowest BCUT2D eigenvalue weighted by atomic mass is 10.1. The van der Waals surface area contributed by atoms with Gasteiger partial charge in [-0.15, -0.1) is 0 Å². The van der Waals surface area contributed by atoms with Gasteiger partial charge in [-0.05, 0) is 19.3 Å². The fourth-order valence-electron chi connectivity index (χ4n) is 1.09. The number of hydrogen-bond donors (Lipinski definition) is 1. The van der Waals surface area contributed by atoms with Gasteiger partial charge in [0.2, 0.25) is 0 Å². The Balaban J connectivity index is 0.000000354. The molecule has 0 aromatic carbocycles. The van der Waals surface area contributed by atoms with Crippen LogP contribution in [0.1, 0.15) is 26.2 Å². The second-order valence-electron chi connectivity index (χ2n) is 2.55. The summed E-state index contributed by atoms with van der Waals surface area (Å²) in [5.41, 5.74) is 0. The van der Waals surface area contributed by atoms with Gasteiger partial charge in [-0.1, -0.05) is 0 Å². The van der Waals surface area contributed by atoms with E-state index in [1.54, 1.807) is 6.07 Å². The summed E-state index contributed by atoms with van der Waals surface area (Å²) in [6.45, 7) is 2.89. The van der Waals surface area contributed by atoms with E-state index in [4.69, 9.17) is 10.4 Å². The van der Waals surface area contributed by atoms with Gasteiger partial charge >= 0.3 is 6.09 Å². The lowest BCUT2D eigenvalue weighted by molar-refractivity contribution is 0.136. The van der Waals surface area contributed by atoms with E-state index >= 15 is 0 Å². The fraction of sp³-hybridized carbons (Fsp3) is 0.750. The van der Waals surface area contributed by atoms with Crippen molar-refractivity contribution in [3.8, 4) is 6.07 Å². The first-order valence-corrected chi connectivity index (χ1v) is 4.01. The molecular weight excluding hydrogens is 156 g/mol. The van der Waals surface area contributed by atoms with Gasteiger partial charge in [-0.3, -0.25) is 0 Å². The molecule has 1 fully saturated rings. The molecule has 4 nitrogen and oxygen atoms in total. The Kier molecular flexibility index (Phi) is 5.80. The number of rotatable bonds is 0. The van der Waals surface area contributed by atoms with Crippen LogP contribution in [0.25, 0.3) is 0 Å². The Morgan fingerprint density at radius 3 is 2.08 bits per heavy atom. The third-order valence-corrected chi connectivity index (χ3v) is 1.63. The summed E-state index contributed by atoms with van der Waals surface area (Å²) in [4.78, 5) is 11.8. The Bertz CT molecular complexity index is 168. The van der Waals surface area contributed by atoms with E-state index in [1.807, 2.05) is 0 Å². The smallest absolute Gasteiger partial charge is 0.407 e. The van der Waals surface area contributed by atoms with Crippen molar-refractivity contribution < 1.29 is 9.90 Å². The highest BCUT2D eigenvalue weighted by atomic mass is 16.4. The molecule has 1 aliphatic rings. The van der Waals surface area contributed by atoms with E-state index in [0.29, 0.717) is 0 Å². The number of carbonyl (C=O) groups is 1. The van der Waals surface area contributed by atoms with E-state index in [2.05, 4.69) is 0 Å². The lowest BCUT2D eigenvalue weighted by Crippen LogP contribution is -2.34. The largest absolute Gasteiger partial charge is 0.465 e. The third kappa shape index (κ3) is 4.56. The minimum Gasteiger partial charge on any atom is -0.465 e. The Morgan fingerprint density at radius 1 is 1.42 bits per heavy atom. The predicted molar refractivity (Wildman–Crippen MR) is 44.7 cm³/mol.